The van der Waals surface area contributed by atoms with Crippen LogP contribution in [0.5, 0.6) is 11.5 Å². The Kier molecular flexibility index (Phi) is 6.58. The fourth-order valence-corrected chi connectivity index (χ4v) is 4.40. The van der Waals surface area contributed by atoms with Crippen molar-refractivity contribution in [3.8, 4) is 11.5 Å². The summed E-state index contributed by atoms with van der Waals surface area (Å²) in [6.45, 7) is 2.75. The number of aryl methyl sites for hydroxylation is 1. The Morgan fingerprint density at radius 2 is 1.88 bits per heavy atom. The second-order valence-electron chi connectivity index (χ2n) is 8.80. The molecule has 4 rings (SSSR count). The number of aromatic nitrogens is 2. The molecule has 2 aromatic rings. The van der Waals surface area contributed by atoms with Crippen molar-refractivity contribution in [1.29, 1.82) is 0 Å². The molecule has 1 aromatic carbocycles. The smallest absolute Gasteiger partial charge is 0.256 e. The van der Waals surface area contributed by atoms with Crippen molar-refractivity contribution in [3.63, 3.8) is 0 Å². The fraction of sp³-hybridized carbons (Fsp3) is 0.500. The molecule has 2 heterocycles. The summed E-state index contributed by atoms with van der Waals surface area (Å²) in [6.07, 6.45) is 5.87. The van der Waals surface area contributed by atoms with Gasteiger partial charge in [-0.2, -0.15) is 0 Å². The molecule has 32 heavy (non-hydrogen) atoms. The highest BCUT2D eigenvalue weighted by Crippen LogP contribution is 2.36. The average molecular weight is 439 g/mol. The van der Waals surface area contributed by atoms with Crippen LogP contribution in [0.15, 0.2) is 24.4 Å². The zero-order valence-corrected chi connectivity index (χ0v) is 18.9. The average Bonchev–Trinajstić information content (AvgIpc) is 3.25. The molecule has 8 nitrogen and oxygen atoms in total. The van der Waals surface area contributed by atoms with E-state index in [9.17, 15) is 9.59 Å². The Bertz CT molecular complexity index is 999. The lowest BCUT2D eigenvalue weighted by atomic mass is 9.79. The third kappa shape index (κ3) is 5.00. The summed E-state index contributed by atoms with van der Waals surface area (Å²) in [5.41, 5.74) is 2.37. The first-order chi connectivity index (χ1) is 15.4. The van der Waals surface area contributed by atoms with Crippen LogP contribution in [0, 0.1) is 12.8 Å². The number of benzene rings is 1. The van der Waals surface area contributed by atoms with Gasteiger partial charge in [-0.05, 0) is 56.2 Å². The van der Waals surface area contributed by atoms with Gasteiger partial charge in [0.1, 0.15) is 5.82 Å². The Morgan fingerprint density at radius 1 is 1.12 bits per heavy atom. The van der Waals surface area contributed by atoms with E-state index in [0.29, 0.717) is 36.0 Å². The van der Waals surface area contributed by atoms with Gasteiger partial charge in [0.25, 0.3) is 5.91 Å². The van der Waals surface area contributed by atoms with E-state index in [0.717, 1.165) is 42.7 Å². The first kappa shape index (κ1) is 22.0. The van der Waals surface area contributed by atoms with E-state index >= 15 is 0 Å². The summed E-state index contributed by atoms with van der Waals surface area (Å²) in [5.74, 6) is 2.74. The predicted molar refractivity (Wildman–Crippen MR) is 119 cm³/mol. The van der Waals surface area contributed by atoms with Crippen molar-refractivity contribution in [2.24, 2.45) is 5.92 Å². The molecule has 0 bridgehead atoms. The molecule has 1 fully saturated rings. The molecule has 170 valence electrons. The maximum absolute atomic E-state index is 12.6. The molecular formula is C24H30N4O4. The SMILES string of the molecule is Cc1ncc(C(=O)N(C)C)c(C2CCC(CNC(=O)Cc3ccc4c(c3)OCO4)CC2)n1. The zero-order chi connectivity index (χ0) is 22.7. The molecule has 1 N–H and O–H groups in total. The van der Waals surface area contributed by atoms with Crippen LogP contribution in [0.3, 0.4) is 0 Å². The monoisotopic (exact) mass is 438 g/mol. The lowest BCUT2D eigenvalue weighted by Crippen LogP contribution is -2.32. The standard InChI is InChI=1S/C24H30N4O4/c1-15-25-13-19(24(30)28(2)3)23(27-15)18-7-4-16(5-8-18)12-26-22(29)11-17-6-9-20-21(10-17)32-14-31-20/h6,9-10,13,16,18H,4-5,7-8,11-12,14H2,1-3H3,(H,26,29). The highest BCUT2D eigenvalue weighted by Gasteiger charge is 2.28. The van der Waals surface area contributed by atoms with Gasteiger partial charge in [-0.15, -0.1) is 0 Å². The maximum atomic E-state index is 12.6. The number of nitrogens with zero attached hydrogens (tertiary/aromatic N) is 3. The molecule has 0 spiro atoms. The minimum atomic E-state index is -0.0575. The van der Waals surface area contributed by atoms with E-state index in [1.165, 1.54) is 0 Å². The largest absolute Gasteiger partial charge is 0.454 e. The van der Waals surface area contributed by atoms with Gasteiger partial charge in [-0.25, -0.2) is 9.97 Å². The van der Waals surface area contributed by atoms with Gasteiger partial charge in [0.2, 0.25) is 12.7 Å². The zero-order valence-electron chi connectivity index (χ0n) is 18.9. The van der Waals surface area contributed by atoms with E-state index < -0.39 is 0 Å². The predicted octanol–water partition coefficient (Wildman–Crippen LogP) is 2.85. The summed E-state index contributed by atoms with van der Waals surface area (Å²) in [4.78, 5) is 35.4. The van der Waals surface area contributed by atoms with Gasteiger partial charge >= 0.3 is 0 Å². The van der Waals surface area contributed by atoms with Crippen LogP contribution < -0.4 is 14.8 Å². The number of rotatable bonds is 6. The van der Waals surface area contributed by atoms with E-state index in [-0.39, 0.29) is 24.5 Å². The van der Waals surface area contributed by atoms with E-state index in [2.05, 4.69) is 15.3 Å². The number of ether oxygens (including phenoxy) is 2. The van der Waals surface area contributed by atoms with Crippen LogP contribution >= 0.6 is 0 Å². The molecule has 2 amide bonds. The second kappa shape index (κ2) is 9.54. The van der Waals surface area contributed by atoms with Crippen LogP contribution in [0.1, 0.15) is 59.0 Å². The minimum Gasteiger partial charge on any atom is -0.454 e. The van der Waals surface area contributed by atoms with E-state index in [1.807, 2.05) is 25.1 Å². The van der Waals surface area contributed by atoms with Crippen LogP contribution in [-0.4, -0.2) is 54.1 Å². The van der Waals surface area contributed by atoms with Crippen LogP contribution in [0.25, 0.3) is 0 Å². The van der Waals surface area contributed by atoms with E-state index in [1.54, 1.807) is 25.2 Å². The number of hydrogen-bond donors (Lipinski definition) is 1. The third-order valence-electron chi connectivity index (χ3n) is 6.20. The molecular weight excluding hydrogens is 408 g/mol. The van der Waals surface area contributed by atoms with Crippen molar-refractivity contribution in [2.45, 2.75) is 44.9 Å². The molecule has 1 aliphatic heterocycles. The summed E-state index contributed by atoms with van der Waals surface area (Å²) < 4.78 is 10.7. The maximum Gasteiger partial charge on any atom is 0.256 e. The van der Waals surface area contributed by atoms with Crippen LogP contribution in [0.2, 0.25) is 0 Å². The second-order valence-corrected chi connectivity index (χ2v) is 8.80. The van der Waals surface area contributed by atoms with Gasteiger partial charge in [0.05, 0.1) is 17.7 Å². The lowest BCUT2D eigenvalue weighted by molar-refractivity contribution is -0.120. The first-order valence-corrected chi connectivity index (χ1v) is 11.1. The van der Waals surface area contributed by atoms with Crippen LogP contribution in [-0.2, 0) is 11.2 Å². The number of fused-ring (bicyclic) bond motifs is 1. The molecule has 2 aliphatic rings. The summed E-state index contributed by atoms with van der Waals surface area (Å²) >= 11 is 0. The highest BCUT2D eigenvalue weighted by molar-refractivity contribution is 5.94. The lowest BCUT2D eigenvalue weighted by Gasteiger charge is -2.29. The minimum absolute atomic E-state index is 0.0104. The summed E-state index contributed by atoms with van der Waals surface area (Å²) in [6, 6.07) is 5.61. The Labute approximate surface area is 188 Å². The Balaban J connectivity index is 1.29. The molecule has 1 aromatic heterocycles. The van der Waals surface area contributed by atoms with Gasteiger partial charge in [-0.1, -0.05) is 6.07 Å². The molecule has 0 atom stereocenters. The number of hydrogen-bond acceptors (Lipinski definition) is 6. The van der Waals surface area contributed by atoms with Crippen molar-refractivity contribution in [2.75, 3.05) is 27.4 Å². The molecule has 1 saturated carbocycles. The van der Waals surface area contributed by atoms with Gasteiger partial charge < -0.3 is 19.7 Å². The molecule has 0 saturated heterocycles. The van der Waals surface area contributed by atoms with Crippen molar-refractivity contribution >= 4 is 11.8 Å². The summed E-state index contributed by atoms with van der Waals surface area (Å²) in [5, 5.41) is 3.08. The van der Waals surface area contributed by atoms with Crippen LogP contribution in [0.4, 0.5) is 0 Å². The molecule has 1 aliphatic carbocycles. The number of carbonyl (C=O) groups is 2. The first-order valence-electron chi connectivity index (χ1n) is 11.1. The molecule has 0 unspecified atom stereocenters. The quantitative estimate of drug-likeness (QED) is 0.745. The Morgan fingerprint density at radius 3 is 2.62 bits per heavy atom. The number of amides is 2. The summed E-state index contributed by atoms with van der Waals surface area (Å²) in [7, 11) is 3.49. The van der Waals surface area contributed by atoms with Gasteiger partial charge in [-0.3, -0.25) is 9.59 Å². The van der Waals surface area contributed by atoms with Crippen molar-refractivity contribution in [1.82, 2.24) is 20.2 Å². The highest BCUT2D eigenvalue weighted by atomic mass is 16.7. The molecule has 8 heteroatoms. The van der Waals surface area contributed by atoms with Gasteiger partial charge in [0.15, 0.2) is 11.5 Å². The van der Waals surface area contributed by atoms with Crippen molar-refractivity contribution < 1.29 is 19.1 Å². The Hall–Kier alpha value is -3.16. The number of carbonyl (C=O) groups excluding carboxylic acids is 2. The van der Waals surface area contributed by atoms with Gasteiger partial charge in [0, 0.05) is 32.8 Å². The number of nitrogens with one attached hydrogen (secondary N) is 1. The fourth-order valence-electron chi connectivity index (χ4n) is 4.40. The third-order valence-corrected chi connectivity index (χ3v) is 6.20. The topological polar surface area (TPSA) is 93.7 Å². The van der Waals surface area contributed by atoms with E-state index in [4.69, 9.17) is 9.47 Å². The molecule has 0 radical (unpaired) electrons. The van der Waals surface area contributed by atoms with Crippen molar-refractivity contribution in [3.05, 3.63) is 47.0 Å². The normalized spacial score (nSPS) is 19.5.